The number of rotatable bonds is 8. The van der Waals surface area contributed by atoms with Crippen LogP contribution >= 0.6 is 24.0 Å². The normalized spacial score (nSPS) is 15.5. The molecule has 1 aromatic rings. The quantitative estimate of drug-likeness (QED) is 0.267. The van der Waals surface area contributed by atoms with E-state index in [1.807, 2.05) is 0 Å². The molecule has 0 unspecified atom stereocenters. The van der Waals surface area contributed by atoms with E-state index >= 15 is 0 Å². The maximum Gasteiger partial charge on any atom is 0.191 e. The number of halogens is 1. The lowest BCUT2D eigenvalue weighted by Gasteiger charge is -2.26. The van der Waals surface area contributed by atoms with E-state index in [4.69, 9.17) is 9.47 Å². The number of hydrogen-bond donors (Lipinski definition) is 2. The summed E-state index contributed by atoms with van der Waals surface area (Å²) < 4.78 is 10.4. The highest BCUT2D eigenvalue weighted by atomic mass is 127. The van der Waals surface area contributed by atoms with Crippen molar-refractivity contribution in [2.45, 2.75) is 20.0 Å². The second-order valence-corrected chi connectivity index (χ2v) is 5.82. The molecule has 1 aromatic carbocycles. The zero-order valence-electron chi connectivity index (χ0n) is 15.3. The molecule has 1 fully saturated rings. The third kappa shape index (κ3) is 8.84. The van der Waals surface area contributed by atoms with Crippen molar-refractivity contribution in [3.05, 3.63) is 35.4 Å². The fourth-order valence-corrected chi connectivity index (χ4v) is 2.55. The third-order valence-corrected chi connectivity index (χ3v) is 3.90. The van der Waals surface area contributed by atoms with Gasteiger partial charge in [-0.15, -0.1) is 24.0 Å². The van der Waals surface area contributed by atoms with Crippen molar-refractivity contribution < 1.29 is 9.47 Å². The van der Waals surface area contributed by atoms with Crippen LogP contribution < -0.4 is 10.6 Å². The largest absolute Gasteiger partial charge is 0.383 e. The van der Waals surface area contributed by atoms with Gasteiger partial charge in [-0.25, -0.2) is 4.99 Å². The van der Waals surface area contributed by atoms with E-state index in [0.717, 1.165) is 51.9 Å². The fourth-order valence-electron chi connectivity index (χ4n) is 2.55. The van der Waals surface area contributed by atoms with Crippen LogP contribution in [-0.2, 0) is 22.6 Å². The first-order valence-electron chi connectivity index (χ1n) is 8.71. The Bertz CT molecular complexity index is 490. The van der Waals surface area contributed by atoms with E-state index in [0.29, 0.717) is 13.2 Å². The van der Waals surface area contributed by atoms with Crippen LogP contribution in [0.25, 0.3) is 0 Å². The Morgan fingerprint density at radius 3 is 2.48 bits per heavy atom. The summed E-state index contributed by atoms with van der Waals surface area (Å²) in [5.74, 6) is 0.826. The van der Waals surface area contributed by atoms with Gasteiger partial charge in [-0.1, -0.05) is 24.3 Å². The maximum atomic E-state index is 5.39. The number of ether oxygens (including phenoxy) is 2. The van der Waals surface area contributed by atoms with Gasteiger partial charge in [0.25, 0.3) is 0 Å². The fraction of sp³-hybridized carbons (Fsp3) is 0.611. The lowest BCUT2D eigenvalue weighted by Crippen LogP contribution is -2.38. The molecule has 7 heteroatoms. The van der Waals surface area contributed by atoms with Gasteiger partial charge in [0.1, 0.15) is 0 Å². The van der Waals surface area contributed by atoms with Gasteiger partial charge in [-0.3, -0.25) is 4.90 Å². The van der Waals surface area contributed by atoms with E-state index in [1.165, 1.54) is 11.1 Å². The van der Waals surface area contributed by atoms with Gasteiger partial charge in [0.15, 0.2) is 5.96 Å². The summed E-state index contributed by atoms with van der Waals surface area (Å²) in [6.45, 7) is 9.71. The molecule has 142 valence electrons. The van der Waals surface area contributed by atoms with Crippen LogP contribution in [0.5, 0.6) is 0 Å². The molecule has 0 amide bonds. The molecule has 1 aliphatic heterocycles. The van der Waals surface area contributed by atoms with E-state index in [1.54, 1.807) is 7.11 Å². The molecule has 1 aliphatic rings. The Morgan fingerprint density at radius 2 is 1.84 bits per heavy atom. The molecular formula is C18H31IN4O2. The molecule has 0 aromatic heterocycles. The van der Waals surface area contributed by atoms with Crippen molar-refractivity contribution in [3.8, 4) is 0 Å². The van der Waals surface area contributed by atoms with Gasteiger partial charge in [-0.2, -0.15) is 0 Å². The SMILES string of the molecule is CCNC(=NCc1ccc(CN2CCOCC2)cc1)NCCOC.I. The second kappa shape index (κ2) is 13.3. The molecule has 6 nitrogen and oxygen atoms in total. The van der Waals surface area contributed by atoms with Crippen molar-refractivity contribution in [1.29, 1.82) is 0 Å². The predicted molar refractivity (Wildman–Crippen MR) is 113 cm³/mol. The van der Waals surface area contributed by atoms with Crippen molar-refractivity contribution in [3.63, 3.8) is 0 Å². The lowest BCUT2D eigenvalue weighted by molar-refractivity contribution is 0.0342. The number of benzene rings is 1. The van der Waals surface area contributed by atoms with Gasteiger partial charge in [0.05, 0.1) is 26.4 Å². The van der Waals surface area contributed by atoms with Gasteiger partial charge >= 0.3 is 0 Å². The number of nitrogens with zero attached hydrogens (tertiary/aromatic N) is 2. The van der Waals surface area contributed by atoms with Crippen LogP contribution in [-0.4, -0.2) is 64.0 Å². The zero-order chi connectivity index (χ0) is 17.0. The Balaban J connectivity index is 0.00000312. The van der Waals surface area contributed by atoms with E-state index in [2.05, 4.69) is 51.7 Å². The molecule has 0 saturated carbocycles. The summed E-state index contributed by atoms with van der Waals surface area (Å²) in [5.41, 5.74) is 2.56. The number of methoxy groups -OCH3 is 1. The van der Waals surface area contributed by atoms with Crippen LogP contribution in [0.2, 0.25) is 0 Å². The highest BCUT2D eigenvalue weighted by molar-refractivity contribution is 14.0. The topological polar surface area (TPSA) is 58.1 Å². The lowest BCUT2D eigenvalue weighted by atomic mass is 10.1. The second-order valence-electron chi connectivity index (χ2n) is 5.82. The molecule has 1 heterocycles. The molecule has 1 saturated heterocycles. The van der Waals surface area contributed by atoms with Crippen molar-refractivity contribution in [2.24, 2.45) is 4.99 Å². The zero-order valence-corrected chi connectivity index (χ0v) is 17.6. The molecule has 2 rings (SSSR count). The Labute approximate surface area is 168 Å². The molecule has 2 N–H and O–H groups in total. The van der Waals surface area contributed by atoms with Gasteiger partial charge in [-0.05, 0) is 18.1 Å². The van der Waals surface area contributed by atoms with Crippen molar-refractivity contribution in [1.82, 2.24) is 15.5 Å². The molecule has 0 aliphatic carbocycles. The smallest absolute Gasteiger partial charge is 0.191 e. The van der Waals surface area contributed by atoms with Crippen LogP contribution in [0.15, 0.2) is 29.3 Å². The van der Waals surface area contributed by atoms with Gasteiger partial charge in [0, 0.05) is 39.8 Å². The van der Waals surface area contributed by atoms with Crippen molar-refractivity contribution in [2.75, 3.05) is 53.1 Å². The number of hydrogen-bond acceptors (Lipinski definition) is 4. The molecule has 0 atom stereocenters. The summed E-state index contributed by atoms with van der Waals surface area (Å²) in [7, 11) is 1.70. The maximum absolute atomic E-state index is 5.39. The average Bonchev–Trinajstić information content (AvgIpc) is 2.62. The summed E-state index contributed by atoms with van der Waals surface area (Å²) in [4.78, 5) is 7.04. The molecule has 0 radical (unpaired) electrons. The van der Waals surface area contributed by atoms with Crippen LogP contribution in [0.1, 0.15) is 18.1 Å². The van der Waals surface area contributed by atoms with Crippen molar-refractivity contribution >= 4 is 29.9 Å². The first-order chi connectivity index (χ1) is 11.8. The van der Waals surface area contributed by atoms with Crippen LogP contribution in [0.4, 0.5) is 0 Å². The summed E-state index contributed by atoms with van der Waals surface area (Å²) in [5, 5.41) is 6.49. The van der Waals surface area contributed by atoms with Gasteiger partial charge < -0.3 is 20.1 Å². The number of morpholine rings is 1. The average molecular weight is 462 g/mol. The van der Waals surface area contributed by atoms with Crippen LogP contribution in [0, 0.1) is 0 Å². The first kappa shape index (κ1) is 22.1. The summed E-state index contributed by atoms with van der Waals surface area (Å²) in [6, 6.07) is 8.73. The number of aliphatic imine (C=N–C) groups is 1. The standard InChI is InChI=1S/C18H30N4O2.HI/c1-3-19-18(20-8-11-23-2)21-14-16-4-6-17(7-5-16)15-22-9-12-24-13-10-22;/h4-7H,3,8-15H2,1-2H3,(H2,19,20,21);1H. The first-order valence-corrected chi connectivity index (χ1v) is 8.71. The monoisotopic (exact) mass is 462 g/mol. The van der Waals surface area contributed by atoms with Gasteiger partial charge in [0.2, 0.25) is 0 Å². The Hall–Kier alpha value is -0.900. The minimum atomic E-state index is 0. The summed E-state index contributed by atoms with van der Waals surface area (Å²) in [6.07, 6.45) is 0. The Morgan fingerprint density at radius 1 is 1.16 bits per heavy atom. The molecule has 0 spiro atoms. The van der Waals surface area contributed by atoms with E-state index in [9.17, 15) is 0 Å². The minimum absolute atomic E-state index is 0. The van der Waals surface area contributed by atoms with E-state index < -0.39 is 0 Å². The number of nitrogens with one attached hydrogen (secondary N) is 2. The molecule has 25 heavy (non-hydrogen) atoms. The van der Waals surface area contributed by atoms with E-state index in [-0.39, 0.29) is 24.0 Å². The third-order valence-electron chi connectivity index (χ3n) is 3.90. The molecule has 0 bridgehead atoms. The minimum Gasteiger partial charge on any atom is -0.383 e. The highest BCUT2D eigenvalue weighted by Crippen LogP contribution is 2.10. The summed E-state index contributed by atoms with van der Waals surface area (Å²) >= 11 is 0. The molecular weight excluding hydrogens is 431 g/mol. The predicted octanol–water partition coefficient (Wildman–Crippen LogP) is 1.84. The highest BCUT2D eigenvalue weighted by Gasteiger charge is 2.10. The van der Waals surface area contributed by atoms with Crippen LogP contribution in [0.3, 0.4) is 0 Å². The Kier molecular flexibility index (Phi) is 11.8. The number of guanidine groups is 1.